The van der Waals surface area contributed by atoms with Crippen molar-refractivity contribution in [3.63, 3.8) is 0 Å². The van der Waals surface area contributed by atoms with Gasteiger partial charge in [0.2, 0.25) is 5.89 Å². The predicted octanol–water partition coefficient (Wildman–Crippen LogP) is -1.33. The summed E-state index contributed by atoms with van der Waals surface area (Å²) < 4.78 is 4.98. The second-order valence-electron chi connectivity index (χ2n) is 5.32. The highest BCUT2D eigenvalue weighted by Gasteiger charge is 2.25. The Morgan fingerprint density at radius 3 is 2.84 bits per heavy atom. The summed E-state index contributed by atoms with van der Waals surface area (Å²) >= 11 is 0. The number of aliphatic hydroxyl groups excluding tert-OH is 1. The third-order valence-corrected chi connectivity index (χ3v) is 3.25. The van der Waals surface area contributed by atoms with Crippen LogP contribution < -0.4 is 16.4 Å². The van der Waals surface area contributed by atoms with Gasteiger partial charge in [-0.15, -0.1) is 0 Å². The van der Waals surface area contributed by atoms with Crippen molar-refractivity contribution in [1.29, 1.82) is 0 Å². The third kappa shape index (κ3) is 5.26. The van der Waals surface area contributed by atoms with Crippen LogP contribution in [0.1, 0.15) is 30.4 Å². The van der Waals surface area contributed by atoms with Gasteiger partial charge in [0.1, 0.15) is 0 Å². The molecule has 2 rings (SSSR count). The third-order valence-electron chi connectivity index (χ3n) is 3.25. The average molecular weight is 353 g/mol. The maximum atomic E-state index is 11.7. The molecule has 0 bridgehead atoms. The van der Waals surface area contributed by atoms with Crippen LogP contribution in [0.5, 0.6) is 0 Å². The molecule has 1 unspecified atom stereocenters. The zero-order chi connectivity index (χ0) is 18.4. The lowest BCUT2D eigenvalue weighted by atomic mass is 10.2. The summed E-state index contributed by atoms with van der Waals surface area (Å²) in [6.45, 7) is 1.13. The average Bonchev–Trinajstić information content (AvgIpc) is 3.21. The first-order valence-corrected chi connectivity index (χ1v) is 7.37. The van der Waals surface area contributed by atoms with Crippen LogP contribution in [0.15, 0.2) is 17.0 Å². The van der Waals surface area contributed by atoms with Crippen molar-refractivity contribution >= 4 is 12.0 Å². The number of urea groups is 1. The summed E-state index contributed by atoms with van der Waals surface area (Å²) in [5.41, 5.74) is 6.78. The van der Waals surface area contributed by atoms with Gasteiger partial charge in [-0.25, -0.2) is 14.6 Å². The summed E-state index contributed by atoms with van der Waals surface area (Å²) in [7, 11) is 0. The molecule has 136 valence electrons. The molecule has 0 radical (unpaired) electrons. The molecular weight excluding hydrogens is 334 g/mol. The number of carboxylic acid groups (broad SMARTS) is 1. The van der Waals surface area contributed by atoms with Crippen molar-refractivity contribution in [2.75, 3.05) is 0 Å². The molecule has 2 aromatic heterocycles. The molecule has 2 amide bonds. The largest absolute Gasteiger partial charge is 0.480 e. The first-order valence-electron chi connectivity index (χ1n) is 7.37. The molecule has 0 aliphatic heterocycles. The fourth-order valence-corrected chi connectivity index (χ4v) is 1.95. The minimum Gasteiger partial charge on any atom is -0.480 e. The second-order valence-corrected chi connectivity index (χ2v) is 5.32. The molecule has 2 heterocycles. The van der Waals surface area contributed by atoms with E-state index in [1.165, 1.54) is 13.3 Å². The quantitative estimate of drug-likeness (QED) is 0.333. The van der Waals surface area contributed by atoms with Crippen molar-refractivity contribution in [2.24, 2.45) is 5.73 Å². The van der Waals surface area contributed by atoms with Gasteiger partial charge in [-0.05, 0) is 6.92 Å². The monoisotopic (exact) mass is 353 g/mol. The van der Waals surface area contributed by atoms with E-state index in [0.717, 1.165) is 5.69 Å². The summed E-state index contributed by atoms with van der Waals surface area (Å²) in [5.74, 6) is -0.983. The molecule has 0 aliphatic rings. The van der Waals surface area contributed by atoms with Gasteiger partial charge in [-0.2, -0.15) is 4.98 Å². The number of carboxylic acids is 1. The van der Waals surface area contributed by atoms with E-state index in [-0.39, 0.29) is 18.3 Å². The number of carbonyl (C=O) groups excluding carboxylic acids is 1. The molecule has 2 aromatic rings. The fraction of sp³-hybridized carbons (Fsp3) is 0.462. The maximum absolute atomic E-state index is 11.7. The highest BCUT2D eigenvalue weighted by atomic mass is 16.5. The number of rotatable bonds is 8. The van der Waals surface area contributed by atoms with Crippen LogP contribution in [0.25, 0.3) is 0 Å². The van der Waals surface area contributed by atoms with E-state index in [9.17, 15) is 14.7 Å². The number of H-pyrrole nitrogens is 1. The standard InChI is InChI=1S/C13H19N7O5/c1-6(21)10(12(22)23)19-13(24)16-4-9-18-11(20-25-9)8(14)2-7-3-15-5-17-7/h3,5-6,8,10,21H,2,4,14H2,1H3,(H,15,17)(H,22,23)(H2,16,19,24)/t6?,8-,10-/m0/s1. The van der Waals surface area contributed by atoms with Crippen LogP contribution in [-0.2, 0) is 17.8 Å². The van der Waals surface area contributed by atoms with Crippen molar-refractivity contribution < 1.29 is 24.3 Å². The van der Waals surface area contributed by atoms with Crippen LogP contribution in [-0.4, -0.2) is 54.5 Å². The van der Waals surface area contributed by atoms with Gasteiger partial charge < -0.3 is 36.1 Å². The maximum Gasteiger partial charge on any atom is 0.328 e. The Balaban J connectivity index is 1.84. The lowest BCUT2D eigenvalue weighted by molar-refractivity contribution is -0.141. The number of carbonyl (C=O) groups is 2. The number of aliphatic carboxylic acids is 1. The number of nitrogens with two attached hydrogens (primary N) is 1. The summed E-state index contributed by atoms with van der Waals surface area (Å²) in [6.07, 6.45) is 2.35. The lowest BCUT2D eigenvalue weighted by Gasteiger charge is -2.16. The molecule has 12 heteroatoms. The molecule has 25 heavy (non-hydrogen) atoms. The molecule has 0 aromatic carbocycles. The Hall–Kier alpha value is -2.99. The van der Waals surface area contributed by atoms with E-state index >= 15 is 0 Å². The smallest absolute Gasteiger partial charge is 0.328 e. The summed E-state index contributed by atoms with van der Waals surface area (Å²) in [6, 6.07) is -2.74. The van der Waals surface area contributed by atoms with E-state index in [4.69, 9.17) is 15.4 Å². The number of aliphatic hydroxyl groups is 1. The van der Waals surface area contributed by atoms with Gasteiger partial charge >= 0.3 is 12.0 Å². The van der Waals surface area contributed by atoms with Crippen LogP contribution >= 0.6 is 0 Å². The Morgan fingerprint density at radius 2 is 2.24 bits per heavy atom. The van der Waals surface area contributed by atoms with Crippen molar-refractivity contribution in [3.05, 3.63) is 29.9 Å². The minimum absolute atomic E-state index is 0.106. The molecule has 7 N–H and O–H groups in total. The predicted molar refractivity (Wildman–Crippen MR) is 82.0 cm³/mol. The van der Waals surface area contributed by atoms with E-state index in [2.05, 4.69) is 30.7 Å². The molecule has 0 saturated carbocycles. The summed E-state index contributed by atoms with van der Waals surface area (Å²) in [4.78, 5) is 33.4. The van der Waals surface area contributed by atoms with Gasteiger partial charge in [-0.3, -0.25) is 0 Å². The van der Waals surface area contributed by atoms with E-state index < -0.39 is 30.2 Å². The molecule has 0 spiro atoms. The second kappa shape index (κ2) is 8.21. The Labute approximate surface area is 141 Å². The Morgan fingerprint density at radius 1 is 1.48 bits per heavy atom. The van der Waals surface area contributed by atoms with E-state index in [1.54, 1.807) is 6.20 Å². The van der Waals surface area contributed by atoms with Gasteiger partial charge in [0.15, 0.2) is 11.9 Å². The van der Waals surface area contributed by atoms with Gasteiger partial charge in [-0.1, -0.05) is 5.16 Å². The van der Waals surface area contributed by atoms with Crippen molar-refractivity contribution in [1.82, 2.24) is 30.7 Å². The van der Waals surface area contributed by atoms with Crippen LogP contribution in [0, 0.1) is 0 Å². The zero-order valence-electron chi connectivity index (χ0n) is 13.3. The first kappa shape index (κ1) is 18.4. The highest BCUT2D eigenvalue weighted by Crippen LogP contribution is 2.11. The molecule has 12 nitrogen and oxygen atoms in total. The molecule has 0 fully saturated rings. The first-order chi connectivity index (χ1) is 11.9. The number of imidazole rings is 1. The molecule has 0 saturated heterocycles. The molecule has 0 aliphatic carbocycles. The van der Waals surface area contributed by atoms with Gasteiger partial charge in [0.25, 0.3) is 0 Å². The van der Waals surface area contributed by atoms with Crippen LogP contribution in [0.2, 0.25) is 0 Å². The van der Waals surface area contributed by atoms with Gasteiger partial charge in [0, 0.05) is 18.3 Å². The minimum atomic E-state index is -1.43. The Bertz CT molecular complexity index is 699. The number of amides is 2. The van der Waals surface area contributed by atoms with Crippen LogP contribution in [0.3, 0.4) is 0 Å². The summed E-state index contributed by atoms with van der Waals surface area (Å²) in [5, 5.41) is 26.4. The lowest BCUT2D eigenvalue weighted by Crippen LogP contribution is -2.51. The zero-order valence-corrected chi connectivity index (χ0v) is 13.3. The Kier molecular flexibility index (Phi) is 6.03. The SMILES string of the molecule is CC(O)[C@H](NC(=O)NCc1nc([C@@H](N)Cc2cnc[nH]2)no1)C(=O)O. The number of hydrogen-bond donors (Lipinski definition) is 6. The number of aromatic nitrogens is 4. The van der Waals surface area contributed by atoms with Crippen molar-refractivity contribution in [2.45, 2.75) is 38.1 Å². The number of nitrogens with one attached hydrogen (secondary N) is 3. The van der Waals surface area contributed by atoms with Crippen LogP contribution in [0.4, 0.5) is 4.79 Å². The number of aromatic amines is 1. The van der Waals surface area contributed by atoms with Crippen molar-refractivity contribution in [3.8, 4) is 0 Å². The fourth-order valence-electron chi connectivity index (χ4n) is 1.95. The highest BCUT2D eigenvalue weighted by molar-refractivity contribution is 5.82. The number of hydrogen-bond acceptors (Lipinski definition) is 8. The topological polar surface area (TPSA) is 192 Å². The number of nitrogens with zero attached hydrogens (tertiary/aromatic N) is 3. The molecular formula is C13H19N7O5. The molecule has 3 atom stereocenters. The van der Waals surface area contributed by atoms with E-state index in [0.29, 0.717) is 6.42 Å². The van der Waals surface area contributed by atoms with Gasteiger partial charge in [0.05, 0.1) is 25.0 Å². The normalized spacial score (nSPS) is 14.5. The van der Waals surface area contributed by atoms with E-state index in [1.807, 2.05) is 0 Å².